The molecule has 2 rings (SSSR count). The van der Waals surface area contributed by atoms with Crippen molar-refractivity contribution in [3.8, 4) is 11.1 Å². The van der Waals surface area contributed by atoms with Crippen LogP contribution >= 0.6 is 0 Å². The maximum atomic E-state index is 13.9. The number of unbranched alkanes of at least 4 members (excludes halogenated alkanes) is 8. The molecule has 3 nitrogen and oxygen atoms in total. The lowest BCUT2D eigenvalue weighted by atomic mass is 9.98. The van der Waals surface area contributed by atoms with Crippen molar-refractivity contribution in [3.05, 3.63) is 47.0 Å². The quantitative estimate of drug-likeness (QED) is 0.327. The molecule has 30 heavy (non-hydrogen) atoms. The zero-order chi connectivity index (χ0) is 21.9. The first-order valence-electron chi connectivity index (χ1n) is 11.8. The van der Waals surface area contributed by atoms with Crippen LogP contribution in [0, 0.1) is 12.7 Å². The molecule has 0 saturated carbocycles. The number of amides is 1. The predicted octanol–water partition coefficient (Wildman–Crippen LogP) is 7.18. The molecule has 1 amide bonds. The molecule has 0 aliphatic rings. The number of halogens is 1. The van der Waals surface area contributed by atoms with Gasteiger partial charge in [-0.3, -0.25) is 4.79 Å². The third kappa shape index (κ3) is 6.45. The first-order valence-corrected chi connectivity index (χ1v) is 11.8. The van der Waals surface area contributed by atoms with Gasteiger partial charge >= 0.3 is 0 Å². The summed E-state index contributed by atoms with van der Waals surface area (Å²) in [7, 11) is 0. The van der Waals surface area contributed by atoms with E-state index in [-0.39, 0.29) is 5.82 Å². The van der Waals surface area contributed by atoms with E-state index in [0.717, 1.165) is 48.3 Å². The molecule has 0 radical (unpaired) electrons. The molecule has 2 N–H and O–H groups in total. The van der Waals surface area contributed by atoms with E-state index in [0.29, 0.717) is 5.56 Å². The van der Waals surface area contributed by atoms with Crippen molar-refractivity contribution in [3.63, 3.8) is 0 Å². The maximum Gasteiger partial charge on any atom is 0.251 e. The normalized spacial score (nSPS) is 11.2. The molecule has 0 aliphatic carbocycles. The van der Waals surface area contributed by atoms with Crippen LogP contribution in [0.1, 0.15) is 99.8 Å². The van der Waals surface area contributed by atoms with E-state index in [1.807, 2.05) is 13.0 Å². The van der Waals surface area contributed by atoms with E-state index < -0.39 is 5.91 Å². The number of nitrogens with two attached hydrogens (primary N) is 1. The minimum Gasteiger partial charge on any atom is -0.366 e. The fourth-order valence-corrected chi connectivity index (χ4v) is 4.43. The van der Waals surface area contributed by atoms with Gasteiger partial charge in [0.25, 0.3) is 5.91 Å². The first kappa shape index (κ1) is 24.2. The maximum absolute atomic E-state index is 13.9. The molecule has 1 heterocycles. The molecule has 2 aromatic rings. The van der Waals surface area contributed by atoms with Crippen LogP contribution in [0.5, 0.6) is 0 Å². The molecule has 0 spiro atoms. The van der Waals surface area contributed by atoms with E-state index >= 15 is 0 Å². The minimum absolute atomic E-state index is 0.297. The zero-order valence-electron chi connectivity index (χ0n) is 19.1. The number of hydrogen-bond donors (Lipinski definition) is 1. The lowest BCUT2D eigenvalue weighted by Gasteiger charge is -2.13. The Hall–Kier alpha value is -2.10. The predicted molar refractivity (Wildman–Crippen MR) is 124 cm³/mol. The van der Waals surface area contributed by atoms with Crippen LogP contribution in [0.2, 0.25) is 0 Å². The molecule has 1 aromatic heterocycles. The summed E-state index contributed by atoms with van der Waals surface area (Å²) in [4.78, 5) is 12.3. The second-order valence-corrected chi connectivity index (χ2v) is 8.39. The molecule has 1 aromatic carbocycles. The van der Waals surface area contributed by atoms with Crippen LogP contribution in [-0.2, 0) is 13.0 Å². The van der Waals surface area contributed by atoms with Gasteiger partial charge in [0.2, 0.25) is 0 Å². The van der Waals surface area contributed by atoms with Crippen molar-refractivity contribution in [1.29, 1.82) is 0 Å². The summed E-state index contributed by atoms with van der Waals surface area (Å²) in [6.07, 6.45) is 13.3. The average molecular weight is 415 g/mol. The standard InChI is InChI=1S/C26H39FN2O/c1-4-6-7-8-9-10-11-12-13-18-29-20(3)24(26(28)30)25(23(29)15-5-2)21-16-14-17-22(27)19-21/h14,16-17,19H,4-13,15,18H2,1-3H3,(H2,28,30). The minimum atomic E-state index is -0.435. The second kappa shape index (κ2) is 12.6. The van der Waals surface area contributed by atoms with E-state index in [9.17, 15) is 9.18 Å². The van der Waals surface area contributed by atoms with Gasteiger partial charge in [-0.25, -0.2) is 4.39 Å². The van der Waals surface area contributed by atoms with Crippen molar-refractivity contribution in [1.82, 2.24) is 4.57 Å². The van der Waals surface area contributed by atoms with Gasteiger partial charge in [0.15, 0.2) is 0 Å². The van der Waals surface area contributed by atoms with Crippen molar-refractivity contribution in [2.75, 3.05) is 0 Å². The Balaban J connectivity index is 2.13. The van der Waals surface area contributed by atoms with Crippen molar-refractivity contribution < 1.29 is 9.18 Å². The van der Waals surface area contributed by atoms with Crippen molar-refractivity contribution >= 4 is 5.91 Å². The molecule has 0 aliphatic heterocycles. The third-order valence-corrected chi connectivity index (χ3v) is 5.96. The number of hydrogen-bond acceptors (Lipinski definition) is 1. The summed E-state index contributed by atoms with van der Waals surface area (Å²) >= 11 is 0. The summed E-state index contributed by atoms with van der Waals surface area (Å²) in [6, 6.07) is 6.49. The number of benzene rings is 1. The van der Waals surface area contributed by atoms with Crippen LogP contribution in [0.4, 0.5) is 4.39 Å². The Bertz CT molecular complexity index is 810. The van der Waals surface area contributed by atoms with E-state index in [1.165, 1.54) is 63.5 Å². The highest BCUT2D eigenvalue weighted by atomic mass is 19.1. The first-order chi connectivity index (χ1) is 14.5. The fraction of sp³-hybridized carbons (Fsp3) is 0.577. The Labute approximate surface area is 181 Å². The van der Waals surface area contributed by atoms with Gasteiger partial charge in [0.05, 0.1) is 5.56 Å². The molecule has 0 saturated heterocycles. The summed E-state index contributed by atoms with van der Waals surface area (Å²) in [5.41, 5.74) is 9.88. The third-order valence-electron chi connectivity index (χ3n) is 5.96. The Morgan fingerprint density at radius 3 is 2.17 bits per heavy atom. The lowest BCUT2D eigenvalue weighted by Crippen LogP contribution is -2.13. The Kier molecular flexibility index (Phi) is 10.1. The number of aromatic nitrogens is 1. The Morgan fingerprint density at radius 2 is 1.60 bits per heavy atom. The van der Waals surface area contributed by atoms with Crippen LogP contribution in [0.3, 0.4) is 0 Å². The molecular weight excluding hydrogens is 375 g/mol. The smallest absolute Gasteiger partial charge is 0.251 e. The molecule has 0 fully saturated rings. The fourth-order valence-electron chi connectivity index (χ4n) is 4.43. The number of carbonyl (C=O) groups excluding carboxylic acids is 1. The van der Waals surface area contributed by atoms with Gasteiger partial charge in [-0.2, -0.15) is 0 Å². The highest BCUT2D eigenvalue weighted by Crippen LogP contribution is 2.34. The summed E-state index contributed by atoms with van der Waals surface area (Å²) < 4.78 is 16.2. The number of rotatable bonds is 14. The second-order valence-electron chi connectivity index (χ2n) is 8.39. The molecule has 4 heteroatoms. The molecule has 0 unspecified atom stereocenters. The van der Waals surface area contributed by atoms with Gasteiger partial charge < -0.3 is 10.3 Å². The largest absolute Gasteiger partial charge is 0.366 e. The topological polar surface area (TPSA) is 48.0 Å². The van der Waals surface area contributed by atoms with Gasteiger partial charge in [-0.05, 0) is 37.5 Å². The van der Waals surface area contributed by atoms with Gasteiger partial charge in [-0.1, -0.05) is 83.8 Å². The van der Waals surface area contributed by atoms with E-state index in [1.54, 1.807) is 6.07 Å². The summed E-state index contributed by atoms with van der Waals surface area (Å²) in [5, 5.41) is 0. The molecule has 0 bridgehead atoms. The van der Waals surface area contributed by atoms with E-state index in [2.05, 4.69) is 18.4 Å². The van der Waals surface area contributed by atoms with Crippen molar-refractivity contribution in [2.45, 2.75) is 97.9 Å². The zero-order valence-corrected chi connectivity index (χ0v) is 19.1. The molecule has 0 atom stereocenters. The number of primary amides is 1. The van der Waals surface area contributed by atoms with E-state index in [4.69, 9.17) is 5.73 Å². The van der Waals surface area contributed by atoms with Crippen LogP contribution in [-0.4, -0.2) is 10.5 Å². The Morgan fingerprint density at radius 1 is 0.967 bits per heavy atom. The molecule has 166 valence electrons. The van der Waals surface area contributed by atoms with Gasteiger partial charge in [0.1, 0.15) is 5.82 Å². The number of nitrogens with zero attached hydrogens (tertiary/aromatic N) is 1. The highest BCUT2D eigenvalue weighted by Gasteiger charge is 2.24. The van der Waals surface area contributed by atoms with Gasteiger partial charge in [0, 0.05) is 23.5 Å². The van der Waals surface area contributed by atoms with Crippen LogP contribution < -0.4 is 5.73 Å². The monoisotopic (exact) mass is 414 g/mol. The molecular formula is C26H39FN2O. The van der Waals surface area contributed by atoms with Crippen molar-refractivity contribution in [2.24, 2.45) is 5.73 Å². The van der Waals surface area contributed by atoms with Gasteiger partial charge in [-0.15, -0.1) is 0 Å². The average Bonchev–Trinajstić information content (AvgIpc) is 2.99. The lowest BCUT2D eigenvalue weighted by molar-refractivity contribution is 0.1000. The highest BCUT2D eigenvalue weighted by molar-refractivity contribution is 6.02. The SMILES string of the molecule is CCCCCCCCCCCn1c(C)c(C(N)=O)c(-c2cccc(F)c2)c1CCC. The summed E-state index contributed by atoms with van der Waals surface area (Å²) in [5.74, 6) is -0.732. The van der Waals surface area contributed by atoms with Crippen LogP contribution in [0.15, 0.2) is 24.3 Å². The summed E-state index contributed by atoms with van der Waals surface area (Å²) in [6.45, 7) is 7.23. The number of carbonyl (C=O) groups is 1. The van der Waals surface area contributed by atoms with Crippen LogP contribution in [0.25, 0.3) is 11.1 Å².